The minimum absolute atomic E-state index is 0.476. The van der Waals surface area contributed by atoms with Crippen molar-refractivity contribution in [2.75, 3.05) is 6.54 Å². The number of benzene rings is 1. The van der Waals surface area contributed by atoms with Gasteiger partial charge in [0.1, 0.15) is 0 Å². The highest BCUT2D eigenvalue weighted by Crippen LogP contribution is 2.50. The highest BCUT2D eigenvalue weighted by atomic mass is 79.9. The Morgan fingerprint density at radius 1 is 1.17 bits per heavy atom. The van der Waals surface area contributed by atoms with E-state index in [4.69, 9.17) is 0 Å². The zero-order valence-corrected chi connectivity index (χ0v) is 13.1. The molecule has 2 rings (SSSR count). The van der Waals surface area contributed by atoms with E-state index >= 15 is 0 Å². The minimum atomic E-state index is 0.476. The second-order valence-corrected chi connectivity index (χ2v) is 6.38. The molecule has 1 aromatic rings. The van der Waals surface area contributed by atoms with Gasteiger partial charge in [0.2, 0.25) is 0 Å². The molecule has 18 heavy (non-hydrogen) atoms. The number of rotatable bonds is 5. The first-order valence-electron chi connectivity index (χ1n) is 7.20. The summed E-state index contributed by atoms with van der Waals surface area (Å²) in [6, 6.07) is 9.39. The van der Waals surface area contributed by atoms with Crippen LogP contribution in [0.4, 0.5) is 0 Å². The zero-order chi connectivity index (χ0) is 13.0. The van der Waals surface area contributed by atoms with E-state index in [0.29, 0.717) is 11.5 Å². The highest BCUT2D eigenvalue weighted by Gasteiger charge is 2.39. The molecule has 0 amide bonds. The summed E-state index contributed by atoms with van der Waals surface area (Å²) in [6.45, 7) is 5.61. The van der Waals surface area contributed by atoms with E-state index in [9.17, 15) is 0 Å². The van der Waals surface area contributed by atoms with E-state index in [0.717, 1.165) is 6.54 Å². The van der Waals surface area contributed by atoms with Crippen LogP contribution in [0.25, 0.3) is 0 Å². The van der Waals surface area contributed by atoms with Gasteiger partial charge in [-0.1, -0.05) is 54.8 Å². The number of hydrogen-bond donors (Lipinski definition) is 1. The maximum atomic E-state index is 3.74. The summed E-state index contributed by atoms with van der Waals surface area (Å²) in [5, 5.41) is 3.74. The molecule has 1 saturated carbocycles. The molecule has 1 unspecified atom stereocenters. The van der Waals surface area contributed by atoms with Gasteiger partial charge < -0.3 is 5.32 Å². The van der Waals surface area contributed by atoms with E-state index in [1.807, 2.05) is 0 Å². The monoisotopic (exact) mass is 309 g/mol. The largest absolute Gasteiger partial charge is 0.310 e. The van der Waals surface area contributed by atoms with Gasteiger partial charge in [-0.2, -0.15) is 0 Å². The molecule has 0 saturated heterocycles. The number of hydrogen-bond acceptors (Lipinski definition) is 1. The zero-order valence-electron chi connectivity index (χ0n) is 11.5. The van der Waals surface area contributed by atoms with Crippen LogP contribution in [0.2, 0.25) is 0 Å². The molecule has 100 valence electrons. The van der Waals surface area contributed by atoms with Crippen LogP contribution < -0.4 is 5.32 Å². The molecule has 1 aliphatic rings. The van der Waals surface area contributed by atoms with E-state index in [2.05, 4.69) is 59.4 Å². The first kappa shape index (κ1) is 14.1. The lowest BCUT2D eigenvalue weighted by atomic mass is 9.73. The molecule has 1 aliphatic carbocycles. The summed E-state index contributed by atoms with van der Waals surface area (Å²) < 4.78 is 1.17. The molecule has 0 aromatic heterocycles. The molecular formula is C16H24BrN. The third-order valence-electron chi connectivity index (χ3n) is 4.53. The molecule has 0 heterocycles. The van der Waals surface area contributed by atoms with Gasteiger partial charge in [-0.05, 0) is 48.9 Å². The predicted molar refractivity (Wildman–Crippen MR) is 81.8 cm³/mol. The third-order valence-corrected chi connectivity index (χ3v) is 5.06. The van der Waals surface area contributed by atoms with Gasteiger partial charge in [0.05, 0.1) is 0 Å². The maximum Gasteiger partial charge on any atom is 0.0376 e. The molecule has 1 fully saturated rings. The SMILES string of the molecule is CCNC(c1ccc(Br)cc1)C1(CC)CCCC1. The quantitative estimate of drug-likeness (QED) is 0.800. The van der Waals surface area contributed by atoms with Crippen LogP contribution >= 0.6 is 15.9 Å². The van der Waals surface area contributed by atoms with Crippen molar-refractivity contribution in [1.29, 1.82) is 0 Å². The lowest BCUT2D eigenvalue weighted by Gasteiger charge is -2.38. The molecule has 0 aliphatic heterocycles. The number of nitrogens with one attached hydrogen (secondary N) is 1. The van der Waals surface area contributed by atoms with Crippen molar-refractivity contribution in [3.8, 4) is 0 Å². The summed E-state index contributed by atoms with van der Waals surface area (Å²) >= 11 is 3.53. The Balaban J connectivity index is 2.29. The van der Waals surface area contributed by atoms with Gasteiger partial charge >= 0.3 is 0 Å². The molecule has 0 radical (unpaired) electrons. The van der Waals surface area contributed by atoms with Gasteiger partial charge in [-0.25, -0.2) is 0 Å². The van der Waals surface area contributed by atoms with Crippen molar-refractivity contribution in [2.45, 2.75) is 52.0 Å². The van der Waals surface area contributed by atoms with Crippen LogP contribution in [0.15, 0.2) is 28.7 Å². The average molecular weight is 310 g/mol. The van der Waals surface area contributed by atoms with E-state index < -0.39 is 0 Å². The summed E-state index contributed by atoms with van der Waals surface area (Å²) in [5.41, 5.74) is 1.92. The van der Waals surface area contributed by atoms with Gasteiger partial charge in [0.25, 0.3) is 0 Å². The van der Waals surface area contributed by atoms with Crippen molar-refractivity contribution >= 4 is 15.9 Å². The summed E-state index contributed by atoms with van der Waals surface area (Å²) in [4.78, 5) is 0. The second kappa shape index (κ2) is 6.21. The van der Waals surface area contributed by atoms with Crippen molar-refractivity contribution in [3.63, 3.8) is 0 Å². The van der Waals surface area contributed by atoms with Crippen molar-refractivity contribution in [1.82, 2.24) is 5.32 Å². The molecule has 2 heteroatoms. The Hall–Kier alpha value is -0.340. The normalized spacial score (nSPS) is 19.9. The maximum absolute atomic E-state index is 3.74. The molecule has 0 spiro atoms. The predicted octanol–water partition coefficient (Wildman–Crippen LogP) is 5.07. The Morgan fingerprint density at radius 2 is 1.78 bits per heavy atom. The Bertz CT molecular complexity index is 365. The minimum Gasteiger partial charge on any atom is -0.310 e. The molecule has 1 aromatic carbocycles. The first-order valence-corrected chi connectivity index (χ1v) is 8.00. The fourth-order valence-corrected chi connectivity index (χ4v) is 3.74. The topological polar surface area (TPSA) is 12.0 Å². The van der Waals surface area contributed by atoms with Crippen LogP contribution in [0.3, 0.4) is 0 Å². The van der Waals surface area contributed by atoms with Crippen molar-refractivity contribution in [3.05, 3.63) is 34.3 Å². The Labute approximate surface area is 119 Å². The summed E-state index contributed by atoms with van der Waals surface area (Å²) in [5.74, 6) is 0. The van der Waals surface area contributed by atoms with Gasteiger partial charge in [-0.3, -0.25) is 0 Å². The van der Waals surface area contributed by atoms with E-state index in [1.54, 1.807) is 0 Å². The summed E-state index contributed by atoms with van der Waals surface area (Å²) in [7, 11) is 0. The van der Waals surface area contributed by atoms with Crippen LogP contribution in [0.1, 0.15) is 57.6 Å². The average Bonchev–Trinajstić information content (AvgIpc) is 2.87. The lowest BCUT2D eigenvalue weighted by molar-refractivity contribution is 0.189. The molecule has 1 N–H and O–H groups in total. The first-order chi connectivity index (χ1) is 8.72. The number of halogens is 1. The van der Waals surface area contributed by atoms with Crippen LogP contribution in [0, 0.1) is 5.41 Å². The summed E-state index contributed by atoms with van der Waals surface area (Å²) in [6.07, 6.45) is 6.81. The van der Waals surface area contributed by atoms with Crippen LogP contribution in [0.5, 0.6) is 0 Å². The van der Waals surface area contributed by atoms with Crippen LogP contribution in [-0.2, 0) is 0 Å². The van der Waals surface area contributed by atoms with Crippen molar-refractivity contribution < 1.29 is 0 Å². The van der Waals surface area contributed by atoms with Crippen molar-refractivity contribution in [2.24, 2.45) is 5.41 Å². The second-order valence-electron chi connectivity index (χ2n) is 5.47. The van der Waals surface area contributed by atoms with Gasteiger partial charge in [-0.15, -0.1) is 0 Å². The molecule has 1 nitrogen and oxygen atoms in total. The third kappa shape index (κ3) is 2.80. The Kier molecular flexibility index (Phi) is 4.85. The molecule has 1 atom stereocenters. The van der Waals surface area contributed by atoms with Crippen LogP contribution in [-0.4, -0.2) is 6.54 Å². The standard InChI is InChI=1S/C16H24BrN/c1-3-16(11-5-6-12-16)15(18-4-2)13-7-9-14(17)10-8-13/h7-10,15,18H,3-6,11-12H2,1-2H3. The Morgan fingerprint density at radius 3 is 2.28 bits per heavy atom. The lowest BCUT2D eigenvalue weighted by Crippen LogP contribution is -2.36. The molecule has 0 bridgehead atoms. The van der Waals surface area contributed by atoms with Gasteiger partial charge in [0, 0.05) is 10.5 Å². The van der Waals surface area contributed by atoms with Gasteiger partial charge in [0.15, 0.2) is 0 Å². The fraction of sp³-hybridized carbons (Fsp3) is 0.625. The molecular weight excluding hydrogens is 286 g/mol. The fourth-order valence-electron chi connectivity index (χ4n) is 3.47. The van der Waals surface area contributed by atoms with E-state index in [1.165, 1.54) is 42.1 Å². The van der Waals surface area contributed by atoms with E-state index in [-0.39, 0.29) is 0 Å². The highest BCUT2D eigenvalue weighted by molar-refractivity contribution is 9.10. The smallest absolute Gasteiger partial charge is 0.0376 e.